The van der Waals surface area contributed by atoms with E-state index in [4.69, 9.17) is 14.2 Å². The molecule has 4 aromatic heterocycles. The molecular formula is C87H146O5S4. The van der Waals surface area contributed by atoms with E-state index in [9.17, 15) is 9.59 Å². The van der Waals surface area contributed by atoms with E-state index in [0.717, 1.165) is 75.0 Å². The smallest absolute Gasteiger partial charge is 0.160 e. The average Bonchev–Trinajstić information content (AvgIpc) is 1.57. The molecule has 0 aliphatic carbocycles. The second-order valence-corrected chi connectivity index (χ2v) is 35.7. The van der Waals surface area contributed by atoms with Gasteiger partial charge in [-0.25, -0.2) is 0 Å². The van der Waals surface area contributed by atoms with Crippen LogP contribution in [0.2, 0.25) is 0 Å². The van der Waals surface area contributed by atoms with Gasteiger partial charge in [-0.2, -0.15) is 0 Å². The topological polar surface area (TPSA) is 61.8 Å². The number of carbonyl (C=O) groups excluding carboxylic acids is 2. The van der Waals surface area contributed by atoms with Crippen molar-refractivity contribution in [1.29, 1.82) is 0 Å². The Morgan fingerprint density at radius 2 is 0.677 bits per heavy atom. The third kappa shape index (κ3) is 33.1. The van der Waals surface area contributed by atoms with Crippen LogP contribution in [0, 0.1) is 35.5 Å². The van der Waals surface area contributed by atoms with Crippen molar-refractivity contribution in [3.63, 3.8) is 0 Å². The summed E-state index contributed by atoms with van der Waals surface area (Å²) in [5.74, 6) is 6.28. The van der Waals surface area contributed by atoms with Crippen molar-refractivity contribution in [3.05, 3.63) is 39.6 Å². The van der Waals surface area contributed by atoms with Crippen LogP contribution in [0.4, 0.5) is 0 Å². The fourth-order valence-corrected chi connectivity index (χ4v) is 19.5. The summed E-state index contributed by atoms with van der Waals surface area (Å²) < 4.78 is 22.1. The largest absolute Gasteiger partial charge is 0.492 e. The first kappa shape index (κ1) is 84.2. The molecule has 96 heavy (non-hydrogen) atoms. The van der Waals surface area contributed by atoms with Crippen LogP contribution in [0.3, 0.4) is 0 Å². The van der Waals surface area contributed by atoms with Crippen LogP contribution >= 0.6 is 45.3 Å². The van der Waals surface area contributed by atoms with Crippen molar-refractivity contribution in [3.8, 4) is 46.5 Å². The molecule has 4 atom stereocenters. The molecule has 548 valence electrons. The second-order valence-electron chi connectivity index (χ2n) is 31.4. The summed E-state index contributed by atoms with van der Waals surface area (Å²) in [5, 5.41) is 0. The van der Waals surface area contributed by atoms with E-state index in [1.54, 1.807) is 22.7 Å². The van der Waals surface area contributed by atoms with E-state index in [1.807, 2.05) is 28.7 Å². The molecule has 0 fully saturated rings. The van der Waals surface area contributed by atoms with Gasteiger partial charge in [0.15, 0.2) is 12.6 Å². The molecule has 1 aliphatic heterocycles. The SMILES string of the molecule is CCCCCCCCCCCCC(CCCCCCCCCC)COc1cc(C=O)sc1-c1cc2c(s1)-c1sc(-c3sc(C=O)cc3OCC(CCCCCCCCCC)CCCCCCCCCCCC)cc1C(CCC(C)CCCC(C)C)(CCC(C)CCCC(C)C)O2. The summed E-state index contributed by atoms with van der Waals surface area (Å²) >= 11 is 6.90. The van der Waals surface area contributed by atoms with E-state index in [1.165, 1.54) is 316 Å². The third-order valence-electron chi connectivity index (χ3n) is 21.4. The molecule has 0 N–H and O–H groups in total. The maximum Gasteiger partial charge on any atom is 0.160 e. The third-order valence-corrected chi connectivity index (χ3v) is 26.3. The molecule has 4 aromatic rings. The molecule has 9 heteroatoms. The Morgan fingerprint density at radius 1 is 0.354 bits per heavy atom. The zero-order valence-electron chi connectivity index (χ0n) is 63.9. The van der Waals surface area contributed by atoms with Crippen molar-refractivity contribution in [2.45, 2.75) is 396 Å². The number of ether oxygens (including phenoxy) is 3. The van der Waals surface area contributed by atoms with E-state index in [2.05, 4.69) is 87.4 Å². The Labute approximate surface area is 608 Å². The first-order valence-electron chi connectivity index (χ1n) is 41.3. The number of fused-ring (bicyclic) bond motifs is 3. The molecule has 0 saturated heterocycles. The van der Waals surface area contributed by atoms with Gasteiger partial charge in [0.25, 0.3) is 0 Å². The van der Waals surface area contributed by atoms with E-state index >= 15 is 0 Å². The molecule has 5 heterocycles. The summed E-state index contributed by atoms with van der Waals surface area (Å²) in [7, 11) is 0. The molecule has 0 spiro atoms. The fraction of sp³-hybridized carbons (Fsp3) is 0.793. The molecule has 0 aromatic carbocycles. The molecule has 4 unspecified atom stereocenters. The molecule has 0 saturated carbocycles. The minimum atomic E-state index is -0.518. The summed E-state index contributed by atoms with van der Waals surface area (Å²) in [6.07, 6.45) is 66.9. The number of hydrogen-bond acceptors (Lipinski definition) is 9. The lowest BCUT2D eigenvalue weighted by Gasteiger charge is -2.39. The van der Waals surface area contributed by atoms with Crippen molar-refractivity contribution < 1.29 is 23.8 Å². The van der Waals surface area contributed by atoms with Gasteiger partial charge in [-0.3, -0.25) is 9.59 Å². The Hall–Kier alpha value is -2.46. The summed E-state index contributed by atoms with van der Waals surface area (Å²) in [4.78, 5) is 34.1. The lowest BCUT2D eigenvalue weighted by molar-refractivity contribution is 0.0324. The van der Waals surface area contributed by atoms with Gasteiger partial charge < -0.3 is 14.2 Å². The van der Waals surface area contributed by atoms with Gasteiger partial charge in [-0.05, 0) is 92.9 Å². The molecule has 1 aliphatic rings. The predicted octanol–water partition coefficient (Wildman–Crippen LogP) is 31.3. The van der Waals surface area contributed by atoms with Gasteiger partial charge in [0, 0.05) is 28.6 Å². The molecular weight excluding hydrogens is 1250 g/mol. The molecule has 0 amide bonds. The predicted molar refractivity (Wildman–Crippen MR) is 427 cm³/mol. The van der Waals surface area contributed by atoms with Gasteiger partial charge in [-0.15, -0.1) is 45.3 Å². The van der Waals surface area contributed by atoms with E-state index in [-0.39, 0.29) is 0 Å². The van der Waals surface area contributed by atoms with Crippen LogP contribution in [0.15, 0.2) is 24.3 Å². The maximum absolute atomic E-state index is 12.9. The zero-order chi connectivity index (χ0) is 68.9. The van der Waals surface area contributed by atoms with Gasteiger partial charge in [0.05, 0.1) is 47.4 Å². The molecule has 0 radical (unpaired) electrons. The highest BCUT2D eigenvalue weighted by Crippen LogP contribution is 2.60. The van der Waals surface area contributed by atoms with Crippen LogP contribution in [0.25, 0.3) is 29.3 Å². The van der Waals surface area contributed by atoms with Crippen LogP contribution in [0.1, 0.15) is 415 Å². The number of rotatable bonds is 64. The fourth-order valence-electron chi connectivity index (χ4n) is 15.0. The number of carbonyl (C=O) groups is 2. The van der Waals surface area contributed by atoms with Gasteiger partial charge >= 0.3 is 0 Å². The highest BCUT2D eigenvalue weighted by Gasteiger charge is 2.44. The minimum absolute atomic E-state index is 0.496. The Balaban J connectivity index is 1.49. The quantitative estimate of drug-likeness (QED) is 0.0326. The Morgan fingerprint density at radius 3 is 1.01 bits per heavy atom. The van der Waals surface area contributed by atoms with Crippen molar-refractivity contribution in [1.82, 2.24) is 0 Å². The maximum atomic E-state index is 12.9. The highest BCUT2D eigenvalue weighted by molar-refractivity contribution is 7.29. The lowest BCUT2D eigenvalue weighted by atomic mass is 9.78. The van der Waals surface area contributed by atoms with Gasteiger partial charge in [0.1, 0.15) is 22.8 Å². The Bertz CT molecular complexity index is 2540. The molecule has 5 nitrogen and oxygen atoms in total. The van der Waals surface area contributed by atoms with E-state index in [0.29, 0.717) is 53.6 Å². The standard InChI is InChI=1S/C87H146O5S4/c1-11-15-19-23-27-31-33-37-41-45-55-73(53-43-39-35-29-25-21-17-13-3)67-90-78-61-75(65-88)93-84(78)81-63-77-83(95-81)86-80(92-87(77,59-57-71(9)51-47-49-69(5)6)60-58-72(10)52-48-50-70(7)8)64-82(96-86)85-79(62-76(66-89)94-85)91-68-74(54-44-40-36-30-26-22-18-14-4)56-46-42-38-34-32-28-24-20-16-12-2/h61-66,69-74H,11-60,67-68H2,1-10H3. The number of aldehydes is 2. The number of unbranched alkanes of at least 4 members (excludes halogenated alkanes) is 32. The monoisotopic (exact) mass is 1400 g/mol. The van der Waals surface area contributed by atoms with Gasteiger partial charge in [0.2, 0.25) is 0 Å². The second kappa shape index (κ2) is 51.6. The van der Waals surface area contributed by atoms with Crippen molar-refractivity contribution >= 4 is 57.9 Å². The lowest BCUT2D eigenvalue weighted by Crippen LogP contribution is -2.36. The van der Waals surface area contributed by atoms with Crippen LogP contribution in [0.5, 0.6) is 17.2 Å². The molecule has 0 bridgehead atoms. The van der Waals surface area contributed by atoms with Gasteiger partial charge in [-0.1, -0.05) is 339 Å². The van der Waals surface area contributed by atoms with Crippen molar-refractivity contribution in [2.24, 2.45) is 35.5 Å². The first-order chi connectivity index (χ1) is 46.9. The number of hydrogen-bond donors (Lipinski definition) is 0. The minimum Gasteiger partial charge on any atom is -0.492 e. The Kier molecular flexibility index (Phi) is 45.3. The van der Waals surface area contributed by atoms with Crippen LogP contribution < -0.4 is 14.2 Å². The van der Waals surface area contributed by atoms with Crippen LogP contribution in [-0.4, -0.2) is 25.8 Å². The molecule has 5 rings (SSSR count). The van der Waals surface area contributed by atoms with Crippen LogP contribution in [-0.2, 0) is 5.60 Å². The van der Waals surface area contributed by atoms with E-state index < -0.39 is 5.60 Å². The van der Waals surface area contributed by atoms with Crippen molar-refractivity contribution in [2.75, 3.05) is 13.2 Å². The number of thiophene rings is 4. The first-order valence-corrected chi connectivity index (χ1v) is 44.5. The normalized spacial score (nSPS) is 15.1. The summed E-state index contributed by atoms with van der Waals surface area (Å²) in [6.45, 7) is 25.0. The summed E-state index contributed by atoms with van der Waals surface area (Å²) in [5.41, 5.74) is 0.801. The highest BCUT2D eigenvalue weighted by atomic mass is 32.1. The zero-order valence-corrected chi connectivity index (χ0v) is 67.1. The average molecular weight is 1400 g/mol. The summed E-state index contributed by atoms with van der Waals surface area (Å²) in [6, 6.07) is 8.91.